The van der Waals surface area contributed by atoms with E-state index in [9.17, 15) is 0 Å². The van der Waals surface area contributed by atoms with Crippen molar-refractivity contribution in [3.05, 3.63) is 34.2 Å². The second-order valence-corrected chi connectivity index (χ2v) is 7.03. The number of aromatic nitrogens is 2. The van der Waals surface area contributed by atoms with Gasteiger partial charge in [0.2, 0.25) is 5.95 Å². The summed E-state index contributed by atoms with van der Waals surface area (Å²) in [7, 11) is 0. The molecule has 22 heavy (non-hydrogen) atoms. The van der Waals surface area contributed by atoms with E-state index in [4.69, 9.17) is 5.73 Å². The molecule has 116 valence electrons. The van der Waals surface area contributed by atoms with E-state index in [1.807, 2.05) is 0 Å². The maximum atomic E-state index is 5.94. The van der Waals surface area contributed by atoms with Gasteiger partial charge in [0.1, 0.15) is 5.82 Å². The van der Waals surface area contributed by atoms with Crippen molar-refractivity contribution in [3.63, 3.8) is 0 Å². The summed E-state index contributed by atoms with van der Waals surface area (Å²) in [5.74, 6) is 2.10. The van der Waals surface area contributed by atoms with Crippen LogP contribution in [0.25, 0.3) is 0 Å². The minimum Gasteiger partial charge on any atom is -0.368 e. The molecule has 4 rings (SSSR count). The van der Waals surface area contributed by atoms with Crippen molar-refractivity contribution >= 4 is 23.1 Å². The van der Waals surface area contributed by atoms with Gasteiger partial charge in [0.25, 0.3) is 0 Å². The first kappa shape index (κ1) is 14.0. The van der Waals surface area contributed by atoms with Crippen LogP contribution in [0.1, 0.15) is 24.1 Å². The van der Waals surface area contributed by atoms with E-state index in [0.29, 0.717) is 12.0 Å². The van der Waals surface area contributed by atoms with E-state index >= 15 is 0 Å². The first-order valence-corrected chi connectivity index (χ1v) is 8.85. The molecule has 0 aliphatic carbocycles. The Kier molecular flexibility index (Phi) is 3.72. The monoisotopic (exact) mass is 315 g/mol. The molecule has 0 radical (unpaired) electrons. The zero-order valence-electron chi connectivity index (χ0n) is 12.5. The van der Waals surface area contributed by atoms with Crippen molar-refractivity contribution in [1.82, 2.24) is 15.3 Å². The molecule has 2 saturated heterocycles. The lowest BCUT2D eigenvalue weighted by Crippen LogP contribution is -2.40. The topological polar surface area (TPSA) is 67.1 Å². The molecular weight excluding hydrogens is 294 g/mol. The maximum Gasteiger partial charge on any atom is 0.222 e. The molecule has 6 heteroatoms. The van der Waals surface area contributed by atoms with Crippen LogP contribution in [0.4, 0.5) is 11.8 Å². The Hall–Kier alpha value is -1.66. The third-order valence-electron chi connectivity index (χ3n) is 4.67. The van der Waals surface area contributed by atoms with Gasteiger partial charge in [0.05, 0.1) is 5.69 Å². The normalized spacial score (nSPS) is 24.5. The molecule has 2 unspecified atom stereocenters. The average Bonchev–Trinajstić information content (AvgIpc) is 3.15. The molecular formula is C16H21N5S. The highest BCUT2D eigenvalue weighted by molar-refractivity contribution is 7.07. The third-order valence-corrected chi connectivity index (χ3v) is 5.40. The average molecular weight is 315 g/mol. The Morgan fingerprint density at radius 2 is 2.32 bits per heavy atom. The van der Waals surface area contributed by atoms with Gasteiger partial charge >= 0.3 is 0 Å². The molecule has 0 spiro atoms. The Bertz CT molecular complexity index is 628. The largest absolute Gasteiger partial charge is 0.368 e. The number of rotatable bonds is 3. The second kappa shape index (κ2) is 5.85. The number of nitrogens with one attached hydrogen (secondary N) is 1. The highest BCUT2D eigenvalue weighted by atomic mass is 32.1. The van der Waals surface area contributed by atoms with Crippen molar-refractivity contribution in [2.45, 2.75) is 25.3 Å². The van der Waals surface area contributed by atoms with Crippen molar-refractivity contribution in [2.24, 2.45) is 5.92 Å². The summed E-state index contributed by atoms with van der Waals surface area (Å²) in [5, 5.41) is 7.89. The summed E-state index contributed by atoms with van der Waals surface area (Å²) in [6.07, 6.45) is 3.42. The Morgan fingerprint density at radius 1 is 1.36 bits per heavy atom. The molecule has 2 fully saturated rings. The Morgan fingerprint density at radius 3 is 3.14 bits per heavy atom. The van der Waals surface area contributed by atoms with Crippen LogP contribution in [0.3, 0.4) is 0 Å². The SMILES string of the molecule is Nc1nc(Cc2ccsc2)cc(N2CC3CCCNC3C2)n1. The molecule has 0 amide bonds. The van der Waals surface area contributed by atoms with Gasteiger partial charge in [-0.3, -0.25) is 0 Å². The van der Waals surface area contributed by atoms with E-state index in [-0.39, 0.29) is 0 Å². The first-order valence-electron chi connectivity index (χ1n) is 7.91. The quantitative estimate of drug-likeness (QED) is 0.905. The number of anilines is 2. The van der Waals surface area contributed by atoms with Gasteiger partial charge in [-0.1, -0.05) is 0 Å². The molecule has 2 aromatic heterocycles. The molecule has 0 aromatic carbocycles. The zero-order chi connectivity index (χ0) is 14.9. The molecule has 0 saturated carbocycles. The van der Waals surface area contributed by atoms with Gasteiger partial charge < -0.3 is 16.0 Å². The van der Waals surface area contributed by atoms with Crippen LogP contribution in [0.2, 0.25) is 0 Å². The maximum absolute atomic E-state index is 5.94. The fraction of sp³-hybridized carbons (Fsp3) is 0.500. The molecule has 2 aliphatic heterocycles. The summed E-state index contributed by atoms with van der Waals surface area (Å²) in [6.45, 7) is 3.25. The minimum atomic E-state index is 0.380. The molecule has 4 heterocycles. The van der Waals surface area contributed by atoms with Gasteiger partial charge in [-0.15, -0.1) is 0 Å². The van der Waals surface area contributed by atoms with Gasteiger partial charge in [-0.2, -0.15) is 16.3 Å². The fourth-order valence-electron chi connectivity index (χ4n) is 3.59. The van der Waals surface area contributed by atoms with Gasteiger partial charge in [-0.05, 0) is 47.7 Å². The van der Waals surface area contributed by atoms with Crippen LogP contribution >= 0.6 is 11.3 Å². The molecule has 2 atom stereocenters. The smallest absolute Gasteiger partial charge is 0.222 e. The number of hydrogen-bond acceptors (Lipinski definition) is 6. The first-order chi connectivity index (χ1) is 10.8. The van der Waals surface area contributed by atoms with Crippen molar-refractivity contribution in [2.75, 3.05) is 30.3 Å². The summed E-state index contributed by atoms with van der Waals surface area (Å²) in [5.41, 5.74) is 8.23. The van der Waals surface area contributed by atoms with E-state index in [0.717, 1.165) is 43.5 Å². The van der Waals surface area contributed by atoms with Crippen LogP contribution < -0.4 is 16.0 Å². The van der Waals surface area contributed by atoms with E-state index in [1.165, 1.54) is 18.4 Å². The lowest BCUT2D eigenvalue weighted by Gasteiger charge is -2.24. The summed E-state index contributed by atoms with van der Waals surface area (Å²) in [4.78, 5) is 11.2. The van der Waals surface area contributed by atoms with Gasteiger partial charge in [-0.25, -0.2) is 4.98 Å². The minimum absolute atomic E-state index is 0.380. The Labute approximate surface area is 134 Å². The molecule has 2 aliphatic rings. The van der Waals surface area contributed by atoms with Crippen molar-refractivity contribution in [3.8, 4) is 0 Å². The molecule has 5 nitrogen and oxygen atoms in total. The van der Waals surface area contributed by atoms with Crippen LogP contribution in [0.5, 0.6) is 0 Å². The molecule has 0 bridgehead atoms. The van der Waals surface area contributed by atoms with E-state index in [2.05, 4.69) is 43.1 Å². The van der Waals surface area contributed by atoms with Gasteiger partial charge in [0, 0.05) is 31.6 Å². The molecule has 2 aromatic rings. The predicted molar refractivity (Wildman–Crippen MR) is 90.3 cm³/mol. The second-order valence-electron chi connectivity index (χ2n) is 6.25. The van der Waals surface area contributed by atoms with Gasteiger partial charge in [0.15, 0.2) is 0 Å². The number of nitrogen functional groups attached to an aromatic ring is 1. The zero-order valence-corrected chi connectivity index (χ0v) is 13.4. The lowest BCUT2D eigenvalue weighted by atomic mass is 9.94. The summed E-state index contributed by atoms with van der Waals surface area (Å²) < 4.78 is 0. The Balaban J connectivity index is 1.55. The number of fused-ring (bicyclic) bond motifs is 1. The summed E-state index contributed by atoms with van der Waals surface area (Å²) >= 11 is 1.71. The highest BCUT2D eigenvalue weighted by Gasteiger charge is 2.34. The number of thiophene rings is 1. The van der Waals surface area contributed by atoms with Crippen molar-refractivity contribution < 1.29 is 0 Å². The van der Waals surface area contributed by atoms with Crippen LogP contribution in [0, 0.1) is 5.92 Å². The third kappa shape index (κ3) is 2.80. The highest BCUT2D eigenvalue weighted by Crippen LogP contribution is 2.29. The standard InChI is InChI=1S/C16H21N5S/c17-16-19-13(6-11-3-5-22-10-11)7-15(20-16)21-8-12-2-1-4-18-14(12)9-21/h3,5,7,10,12,14,18H,1-2,4,6,8-9H2,(H2,17,19,20). The van der Waals surface area contributed by atoms with Crippen LogP contribution in [-0.4, -0.2) is 35.6 Å². The van der Waals surface area contributed by atoms with Crippen LogP contribution in [0.15, 0.2) is 22.9 Å². The number of piperidine rings is 1. The predicted octanol–water partition coefficient (Wildman–Crippen LogP) is 1.90. The summed E-state index contributed by atoms with van der Waals surface area (Å²) in [6, 6.07) is 4.84. The fourth-order valence-corrected chi connectivity index (χ4v) is 4.26. The lowest BCUT2D eigenvalue weighted by molar-refractivity contribution is 0.340. The van der Waals surface area contributed by atoms with E-state index in [1.54, 1.807) is 11.3 Å². The van der Waals surface area contributed by atoms with Crippen LogP contribution in [-0.2, 0) is 6.42 Å². The van der Waals surface area contributed by atoms with Crippen molar-refractivity contribution in [1.29, 1.82) is 0 Å². The van der Waals surface area contributed by atoms with E-state index < -0.39 is 0 Å². The number of nitrogens with two attached hydrogens (primary N) is 1. The number of hydrogen-bond donors (Lipinski definition) is 2. The molecule has 3 N–H and O–H groups in total. The number of nitrogens with zero attached hydrogens (tertiary/aromatic N) is 3.